The maximum atomic E-state index is 12.7. The highest BCUT2D eigenvalue weighted by molar-refractivity contribution is 6.34. The number of H-pyrrole nitrogens is 1. The number of carbonyl (C=O) groups excluding carboxylic acids is 2. The van der Waals surface area contributed by atoms with Gasteiger partial charge in [0.2, 0.25) is 5.91 Å². The Labute approximate surface area is 197 Å². The van der Waals surface area contributed by atoms with E-state index in [4.69, 9.17) is 0 Å². The Morgan fingerprint density at radius 3 is 2.76 bits per heavy atom. The Kier molecular flexibility index (Phi) is 5.32. The molecule has 1 atom stereocenters. The van der Waals surface area contributed by atoms with E-state index in [1.807, 2.05) is 49.4 Å². The van der Waals surface area contributed by atoms with Gasteiger partial charge in [-0.2, -0.15) is 0 Å². The van der Waals surface area contributed by atoms with Crippen LogP contribution in [0.5, 0.6) is 0 Å². The van der Waals surface area contributed by atoms with E-state index in [0.29, 0.717) is 11.3 Å². The van der Waals surface area contributed by atoms with Gasteiger partial charge in [-0.1, -0.05) is 31.2 Å². The van der Waals surface area contributed by atoms with Crippen LogP contribution in [0.15, 0.2) is 48.7 Å². The number of nitrogens with one attached hydrogen (secondary N) is 2. The third-order valence-corrected chi connectivity index (χ3v) is 6.72. The van der Waals surface area contributed by atoms with Crippen molar-refractivity contribution in [2.75, 3.05) is 10.2 Å². The molecule has 7 heteroatoms. The molecule has 172 valence electrons. The van der Waals surface area contributed by atoms with E-state index in [0.717, 1.165) is 45.6 Å². The quantitative estimate of drug-likeness (QED) is 0.490. The summed E-state index contributed by atoms with van der Waals surface area (Å²) in [5.74, 6) is -1.43. The van der Waals surface area contributed by atoms with Gasteiger partial charge in [-0.05, 0) is 59.9 Å². The van der Waals surface area contributed by atoms with Gasteiger partial charge in [-0.15, -0.1) is 0 Å². The number of nitrogens with zero attached hydrogens (tertiary/aromatic N) is 1. The molecule has 7 nitrogen and oxygen atoms in total. The fourth-order valence-electron chi connectivity index (χ4n) is 4.78. The molecular formula is C27H25N3O4. The average molecular weight is 456 g/mol. The minimum atomic E-state index is -1.05. The molecule has 3 heterocycles. The molecule has 0 saturated heterocycles. The van der Waals surface area contributed by atoms with Crippen LogP contribution in [0.2, 0.25) is 0 Å². The zero-order chi connectivity index (χ0) is 24.0. The summed E-state index contributed by atoms with van der Waals surface area (Å²) >= 11 is 0. The summed E-state index contributed by atoms with van der Waals surface area (Å²) in [4.78, 5) is 42.1. The van der Waals surface area contributed by atoms with E-state index in [2.05, 4.69) is 17.2 Å². The fourth-order valence-corrected chi connectivity index (χ4v) is 4.78. The van der Waals surface area contributed by atoms with Crippen molar-refractivity contribution in [3.8, 4) is 0 Å². The second kappa shape index (κ2) is 8.33. The Hall–Kier alpha value is -4.13. The number of amides is 2. The predicted molar refractivity (Wildman–Crippen MR) is 131 cm³/mol. The lowest BCUT2D eigenvalue weighted by Crippen LogP contribution is -2.44. The minimum Gasteiger partial charge on any atom is -0.480 e. The monoisotopic (exact) mass is 455 g/mol. The summed E-state index contributed by atoms with van der Waals surface area (Å²) in [6.45, 7) is 3.96. The number of para-hydroxylation sites is 1. The topological polar surface area (TPSA) is 102 Å². The predicted octanol–water partition coefficient (Wildman–Crippen LogP) is 3.96. The molecule has 3 N–H and O–H groups in total. The van der Waals surface area contributed by atoms with Crippen LogP contribution in [0.4, 0.5) is 11.4 Å². The minimum absolute atomic E-state index is 0.156. The van der Waals surface area contributed by atoms with Crippen molar-refractivity contribution in [2.45, 2.75) is 39.2 Å². The smallest absolute Gasteiger partial charge is 0.327 e. The summed E-state index contributed by atoms with van der Waals surface area (Å²) in [5.41, 5.74) is 7.24. The maximum absolute atomic E-state index is 12.7. The third kappa shape index (κ3) is 3.59. The Balaban J connectivity index is 1.47. The van der Waals surface area contributed by atoms with E-state index >= 15 is 0 Å². The number of aromatic nitrogens is 1. The van der Waals surface area contributed by atoms with E-state index in [9.17, 15) is 19.5 Å². The molecule has 0 fully saturated rings. The Morgan fingerprint density at radius 2 is 2.00 bits per heavy atom. The number of aromatic amines is 1. The summed E-state index contributed by atoms with van der Waals surface area (Å²) in [6.07, 6.45) is 4.81. The Bertz CT molecular complexity index is 1370. The molecule has 0 radical (unpaired) electrons. The molecule has 2 aliphatic heterocycles. The number of benzene rings is 2. The lowest BCUT2D eigenvalue weighted by atomic mass is 9.99. The first kappa shape index (κ1) is 21.7. The van der Waals surface area contributed by atoms with E-state index < -0.39 is 12.0 Å². The van der Waals surface area contributed by atoms with Crippen LogP contribution in [-0.4, -0.2) is 33.9 Å². The van der Waals surface area contributed by atoms with Crippen LogP contribution < -0.4 is 10.2 Å². The number of hydrogen-bond acceptors (Lipinski definition) is 3. The highest BCUT2D eigenvalue weighted by atomic mass is 16.4. The number of carboxylic acid groups (broad SMARTS) is 1. The van der Waals surface area contributed by atoms with Gasteiger partial charge in [0, 0.05) is 35.2 Å². The molecule has 1 unspecified atom stereocenters. The number of hydrogen-bond donors (Lipinski definition) is 3. The average Bonchev–Trinajstić information content (AvgIpc) is 3.44. The largest absolute Gasteiger partial charge is 0.480 e. The highest BCUT2D eigenvalue weighted by Crippen LogP contribution is 2.35. The van der Waals surface area contributed by atoms with Crippen LogP contribution in [0.25, 0.3) is 11.6 Å². The van der Waals surface area contributed by atoms with Crippen LogP contribution in [0, 0.1) is 6.92 Å². The summed E-state index contributed by atoms with van der Waals surface area (Å²) in [5, 5.41) is 12.9. The molecule has 1 aromatic heterocycles. The molecule has 0 saturated carbocycles. The first-order chi connectivity index (χ1) is 16.4. The number of aryl methyl sites for hydroxylation is 1. The molecule has 0 aliphatic carbocycles. The first-order valence-electron chi connectivity index (χ1n) is 11.3. The van der Waals surface area contributed by atoms with Crippen molar-refractivity contribution in [3.05, 3.63) is 82.2 Å². The molecule has 0 spiro atoms. The normalized spacial score (nSPS) is 16.5. The molecule has 2 aliphatic rings. The van der Waals surface area contributed by atoms with Gasteiger partial charge < -0.3 is 15.4 Å². The number of aliphatic carboxylic acids is 1. The van der Waals surface area contributed by atoms with Crippen LogP contribution in [0.1, 0.15) is 40.4 Å². The molecule has 5 rings (SSSR count). The summed E-state index contributed by atoms with van der Waals surface area (Å²) < 4.78 is 0. The highest BCUT2D eigenvalue weighted by Gasteiger charge is 2.37. The lowest BCUT2D eigenvalue weighted by Gasteiger charge is -2.25. The number of rotatable bonds is 6. The van der Waals surface area contributed by atoms with Crippen molar-refractivity contribution < 1.29 is 19.5 Å². The van der Waals surface area contributed by atoms with Crippen molar-refractivity contribution in [3.63, 3.8) is 0 Å². The van der Waals surface area contributed by atoms with Gasteiger partial charge in [-0.3, -0.25) is 14.5 Å². The second-order valence-electron chi connectivity index (χ2n) is 8.73. The number of fused-ring (bicyclic) bond motifs is 2. The standard InChI is InChI=1S/C27H25N3O4/c1-3-16-8-9-21-19(10-16)20(26(32)29-21)13-22-15(2)18(14-28-22)11-24(27(33)34)30-23-7-5-4-6-17(23)12-25(30)31/h4-10,13-14,24,28H,3,11-12H2,1-2H3,(H,29,32)(H,33,34). The molecule has 34 heavy (non-hydrogen) atoms. The van der Waals surface area contributed by atoms with Gasteiger partial charge in [0.1, 0.15) is 6.04 Å². The van der Waals surface area contributed by atoms with Gasteiger partial charge in [0.15, 0.2) is 0 Å². The lowest BCUT2D eigenvalue weighted by molar-refractivity contribution is -0.140. The van der Waals surface area contributed by atoms with Crippen LogP contribution in [-0.2, 0) is 33.6 Å². The third-order valence-electron chi connectivity index (χ3n) is 6.72. The van der Waals surface area contributed by atoms with Gasteiger partial charge in [0.25, 0.3) is 5.91 Å². The van der Waals surface area contributed by atoms with E-state index in [-0.39, 0.29) is 24.7 Å². The van der Waals surface area contributed by atoms with Gasteiger partial charge in [0.05, 0.1) is 12.0 Å². The molecule has 2 aromatic carbocycles. The first-order valence-corrected chi connectivity index (χ1v) is 11.3. The van der Waals surface area contributed by atoms with E-state index in [1.165, 1.54) is 4.90 Å². The number of anilines is 2. The number of carbonyl (C=O) groups is 3. The van der Waals surface area contributed by atoms with E-state index in [1.54, 1.807) is 12.3 Å². The molecular weight excluding hydrogens is 430 g/mol. The zero-order valence-electron chi connectivity index (χ0n) is 19.0. The Morgan fingerprint density at radius 1 is 1.21 bits per heavy atom. The van der Waals surface area contributed by atoms with Crippen LogP contribution >= 0.6 is 0 Å². The van der Waals surface area contributed by atoms with Crippen molar-refractivity contribution in [1.82, 2.24) is 4.98 Å². The second-order valence-corrected chi connectivity index (χ2v) is 8.73. The zero-order valence-corrected chi connectivity index (χ0v) is 19.0. The summed E-state index contributed by atoms with van der Waals surface area (Å²) in [7, 11) is 0. The molecule has 3 aromatic rings. The van der Waals surface area contributed by atoms with Gasteiger partial charge in [-0.25, -0.2) is 4.79 Å². The van der Waals surface area contributed by atoms with Gasteiger partial charge >= 0.3 is 5.97 Å². The van der Waals surface area contributed by atoms with Crippen molar-refractivity contribution in [2.24, 2.45) is 0 Å². The maximum Gasteiger partial charge on any atom is 0.327 e. The van der Waals surface area contributed by atoms with Crippen molar-refractivity contribution >= 4 is 40.8 Å². The molecule has 0 bridgehead atoms. The fraction of sp³-hybridized carbons (Fsp3) is 0.222. The summed E-state index contributed by atoms with van der Waals surface area (Å²) in [6, 6.07) is 12.2. The SMILES string of the molecule is CCc1ccc2c(c1)C(=Cc1[nH]cc(CC(C(=O)O)N3C(=O)Cc4ccccc43)c1C)C(=O)N2. The van der Waals surface area contributed by atoms with Crippen molar-refractivity contribution in [1.29, 1.82) is 0 Å². The van der Waals surface area contributed by atoms with Crippen LogP contribution in [0.3, 0.4) is 0 Å². The number of carboxylic acids is 1. The molecule has 2 amide bonds.